The highest BCUT2D eigenvalue weighted by atomic mass is 35.5. The van der Waals surface area contributed by atoms with Gasteiger partial charge in [-0.25, -0.2) is 4.98 Å². The number of imidazole rings is 2. The van der Waals surface area contributed by atoms with Gasteiger partial charge in [0.05, 0.1) is 33.1 Å². The second kappa shape index (κ2) is 7.23. The van der Waals surface area contributed by atoms with Gasteiger partial charge in [-0.2, -0.15) is 0 Å². The SMILES string of the molecule is Clc1ccc(-n2c3ccc(-n4c5ccccc5c5ccccc54)cc3n3c4ccccc4nc23)cc1. The maximum absolute atomic E-state index is 6.21. The van der Waals surface area contributed by atoms with E-state index in [1.165, 1.54) is 21.8 Å². The number of nitrogens with zero attached hydrogens (tertiary/aromatic N) is 4. The van der Waals surface area contributed by atoms with E-state index in [-0.39, 0.29) is 0 Å². The summed E-state index contributed by atoms with van der Waals surface area (Å²) >= 11 is 6.21. The van der Waals surface area contributed by atoms with Crippen molar-refractivity contribution in [2.24, 2.45) is 0 Å². The van der Waals surface area contributed by atoms with Crippen molar-refractivity contribution in [3.63, 3.8) is 0 Å². The summed E-state index contributed by atoms with van der Waals surface area (Å²) in [6.45, 7) is 0. The van der Waals surface area contributed by atoms with Crippen LogP contribution in [0.15, 0.2) is 115 Å². The predicted molar refractivity (Wildman–Crippen MR) is 149 cm³/mol. The van der Waals surface area contributed by atoms with Gasteiger partial charge in [0.1, 0.15) is 0 Å². The van der Waals surface area contributed by atoms with Gasteiger partial charge in [0, 0.05) is 27.2 Å². The van der Waals surface area contributed by atoms with E-state index in [1.54, 1.807) is 0 Å². The Labute approximate surface area is 211 Å². The molecule has 0 spiro atoms. The molecule has 0 atom stereocenters. The van der Waals surface area contributed by atoms with Crippen molar-refractivity contribution >= 4 is 61.3 Å². The third-order valence-electron chi connectivity index (χ3n) is 7.11. The maximum atomic E-state index is 6.21. The normalized spacial score (nSPS) is 12.0. The molecule has 0 saturated carbocycles. The zero-order chi connectivity index (χ0) is 23.8. The smallest absolute Gasteiger partial charge is 0.220 e. The molecule has 0 N–H and O–H groups in total. The van der Waals surface area contributed by atoms with Crippen LogP contribution in [0, 0.1) is 0 Å². The molecule has 0 bridgehead atoms. The minimum Gasteiger partial charge on any atom is -0.309 e. The molecule has 36 heavy (non-hydrogen) atoms. The Balaban J connectivity index is 1.51. The van der Waals surface area contributed by atoms with Gasteiger partial charge in [0.25, 0.3) is 0 Å². The molecule has 0 unspecified atom stereocenters. The van der Waals surface area contributed by atoms with Gasteiger partial charge in [-0.3, -0.25) is 8.97 Å². The van der Waals surface area contributed by atoms with Crippen LogP contribution >= 0.6 is 11.6 Å². The lowest BCUT2D eigenvalue weighted by molar-refractivity contribution is 1.11. The molecule has 8 aromatic rings. The van der Waals surface area contributed by atoms with E-state index >= 15 is 0 Å². The minimum atomic E-state index is 0.716. The van der Waals surface area contributed by atoms with Crippen LogP contribution in [-0.4, -0.2) is 18.5 Å². The lowest BCUT2D eigenvalue weighted by Gasteiger charge is -2.09. The molecule has 0 aliphatic carbocycles. The highest BCUT2D eigenvalue weighted by molar-refractivity contribution is 6.30. The molecule has 8 rings (SSSR count). The Morgan fingerprint density at radius 1 is 0.500 bits per heavy atom. The molecule has 0 amide bonds. The summed E-state index contributed by atoms with van der Waals surface area (Å²) in [5.41, 5.74) is 8.79. The Bertz CT molecular complexity index is 2060. The molecule has 5 aromatic carbocycles. The minimum absolute atomic E-state index is 0.716. The van der Waals surface area contributed by atoms with Gasteiger partial charge in [-0.05, 0) is 66.7 Å². The summed E-state index contributed by atoms with van der Waals surface area (Å²) in [5, 5.41) is 3.23. The zero-order valence-electron chi connectivity index (χ0n) is 19.1. The zero-order valence-corrected chi connectivity index (χ0v) is 19.9. The number of rotatable bonds is 2. The molecule has 3 aromatic heterocycles. The first-order valence-electron chi connectivity index (χ1n) is 11.9. The van der Waals surface area contributed by atoms with Crippen LogP contribution in [0.25, 0.3) is 61.0 Å². The molecule has 0 fully saturated rings. The van der Waals surface area contributed by atoms with Crippen molar-refractivity contribution in [3.8, 4) is 11.4 Å². The standard InChI is InChI=1S/C31H19ClN4/c32-20-13-15-21(16-14-20)35-29-18-17-22(19-30(29)36-28-12-6-3-9-25(28)33-31(35)36)34-26-10-4-1-7-23(26)24-8-2-5-11-27(24)34/h1-19H. The fraction of sp³-hybridized carbons (Fsp3) is 0. The Morgan fingerprint density at radius 3 is 1.83 bits per heavy atom. The van der Waals surface area contributed by atoms with E-state index in [0.717, 1.165) is 39.2 Å². The fourth-order valence-electron chi connectivity index (χ4n) is 5.57. The van der Waals surface area contributed by atoms with Gasteiger partial charge in [0.2, 0.25) is 5.78 Å². The van der Waals surface area contributed by atoms with Crippen LogP contribution in [0.1, 0.15) is 0 Å². The summed E-state index contributed by atoms with van der Waals surface area (Å²) < 4.78 is 6.83. The summed E-state index contributed by atoms with van der Waals surface area (Å²) in [6.07, 6.45) is 0. The van der Waals surface area contributed by atoms with Crippen molar-refractivity contribution < 1.29 is 0 Å². The topological polar surface area (TPSA) is 27.2 Å². The summed E-state index contributed by atoms with van der Waals surface area (Å²) in [4.78, 5) is 5.03. The van der Waals surface area contributed by atoms with E-state index in [1.807, 2.05) is 30.3 Å². The van der Waals surface area contributed by atoms with Crippen LogP contribution in [0.3, 0.4) is 0 Å². The van der Waals surface area contributed by atoms with E-state index in [2.05, 4.69) is 98.5 Å². The van der Waals surface area contributed by atoms with E-state index in [9.17, 15) is 0 Å². The maximum Gasteiger partial charge on any atom is 0.220 e. The average Bonchev–Trinajstić information content (AvgIpc) is 3.56. The Hall–Kier alpha value is -4.54. The number of para-hydroxylation sites is 4. The number of aromatic nitrogens is 4. The molecular weight excluding hydrogens is 464 g/mol. The van der Waals surface area contributed by atoms with E-state index in [4.69, 9.17) is 16.6 Å². The van der Waals surface area contributed by atoms with Gasteiger partial charge < -0.3 is 4.57 Å². The third kappa shape index (κ3) is 2.62. The van der Waals surface area contributed by atoms with Gasteiger partial charge >= 0.3 is 0 Å². The van der Waals surface area contributed by atoms with Crippen molar-refractivity contribution in [2.75, 3.05) is 0 Å². The Morgan fingerprint density at radius 2 is 1.11 bits per heavy atom. The number of hydrogen-bond donors (Lipinski definition) is 0. The van der Waals surface area contributed by atoms with Crippen molar-refractivity contribution in [1.82, 2.24) is 18.5 Å². The van der Waals surface area contributed by atoms with Crippen LogP contribution in [-0.2, 0) is 0 Å². The number of benzene rings is 5. The van der Waals surface area contributed by atoms with Gasteiger partial charge in [-0.1, -0.05) is 60.1 Å². The van der Waals surface area contributed by atoms with Gasteiger partial charge in [0.15, 0.2) is 0 Å². The monoisotopic (exact) mass is 482 g/mol. The number of hydrogen-bond acceptors (Lipinski definition) is 1. The summed E-state index contributed by atoms with van der Waals surface area (Å²) in [6, 6.07) is 40.1. The number of fused-ring (bicyclic) bond motifs is 8. The van der Waals surface area contributed by atoms with Crippen molar-refractivity contribution in [3.05, 3.63) is 120 Å². The third-order valence-corrected chi connectivity index (χ3v) is 7.36. The molecule has 0 aliphatic heterocycles. The van der Waals surface area contributed by atoms with Crippen LogP contribution < -0.4 is 0 Å². The first-order chi connectivity index (χ1) is 17.8. The molecule has 5 heteroatoms. The Kier molecular flexibility index (Phi) is 3.96. The molecule has 3 heterocycles. The molecule has 0 saturated heterocycles. The molecule has 4 nitrogen and oxygen atoms in total. The fourth-order valence-corrected chi connectivity index (χ4v) is 5.70. The summed E-state index contributed by atoms with van der Waals surface area (Å²) in [5.74, 6) is 0.882. The van der Waals surface area contributed by atoms with Crippen LogP contribution in [0.2, 0.25) is 5.02 Å². The quantitative estimate of drug-likeness (QED) is 0.244. The first-order valence-corrected chi connectivity index (χ1v) is 12.3. The highest BCUT2D eigenvalue weighted by Crippen LogP contribution is 2.35. The van der Waals surface area contributed by atoms with Crippen LogP contribution in [0.4, 0.5) is 0 Å². The molecule has 170 valence electrons. The average molecular weight is 483 g/mol. The van der Waals surface area contributed by atoms with Crippen LogP contribution in [0.5, 0.6) is 0 Å². The first kappa shape index (κ1) is 19.7. The van der Waals surface area contributed by atoms with Crippen molar-refractivity contribution in [1.29, 1.82) is 0 Å². The van der Waals surface area contributed by atoms with E-state index < -0.39 is 0 Å². The predicted octanol–water partition coefficient (Wildman–Crippen LogP) is 8.18. The highest BCUT2D eigenvalue weighted by Gasteiger charge is 2.19. The number of halogens is 1. The van der Waals surface area contributed by atoms with Gasteiger partial charge in [-0.15, -0.1) is 0 Å². The van der Waals surface area contributed by atoms with E-state index in [0.29, 0.717) is 5.02 Å². The molecule has 0 radical (unpaired) electrons. The second-order valence-corrected chi connectivity index (χ2v) is 9.53. The lowest BCUT2D eigenvalue weighted by atomic mass is 10.2. The molecular formula is C31H19ClN4. The second-order valence-electron chi connectivity index (χ2n) is 9.09. The summed E-state index contributed by atoms with van der Waals surface area (Å²) in [7, 11) is 0. The molecule has 0 aliphatic rings. The lowest BCUT2D eigenvalue weighted by Crippen LogP contribution is -1.96. The largest absolute Gasteiger partial charge is 0.309 e. The van der Waals surface area contributed by atoms with Crippen molar-refractivity contribution in [2.45, 2.75) is 0 Å².